The molecule has 162 valence electrons. The van der Waals surface area contributed by atoms with E-state index in [4.69, 9.17) is 4.74 Å². The van der Waals surface area contributed by atoms with Gasteiger partial charge in [0.2, 0.25) is 0 Å². The smallest absolute Gasteiger partial charge is 0.308 e. The van der Waals surface area contributed by atoms with E-state index in [1.807, 2.05) is 37.3 Å². The van der Waals surface area contributed by atoms with E-state index in [0.717, 1.165) is 10.8 Å². The lowest BCUT2D eigenvalue weighted by Crippen LogP contribution is -2.30. The highest BCUT2D eigenvalue weighted by Gasteiger charge is 2.45. The lowest BCUT2D eigenvalue weighted by atomic mass is 9.94. The van der Waals surface area contributed by atoms with E-state index in [1.165, 1.54) is 11.8 Å². The SMILES string of the molecule is CCCN1C(=O)C(=O)/C(=C(\O)c2ccc3ccccc3c2)C1c1cccc(OC(C)=O)c1. The number of fused-ring (bicyclic) bond motifs is 1. The Morgan fingerprint density at radius 1 is 1.00 bits per heavy atom. The third-order valence-electron chi connectivity index (χ3n) is 5.46. The number of hydrogen-bond acceptors (Lipinski definition) is 5. The minimum absolute atomic E-state index is 0.0266. The normalized spacial score (nSPS) is 17.7. The lowest BCUT2D eigenvalue weighted by molar-refractivity contribution is -0.139. The second-order valence-corrected chi connectivity index (χ2v) is 7.72. The zero-order chi connectivity index (χ0) is 22.8. The summed E-state index contributed by atoms with van der Waals surface area (Å²) in [5.41, 5.74) is 1.07. The monoisotopic (exact) mass is 429 g/mol. The van der Waals surface area contributed by atoms with E-state index in [9.17, 15) is 19.5 Å². The number of benzene rings is 3. The predicted molar refractivity (Wildman–Crippen MR) is 121 cm³/mol. The molecule has 1 aliphatic rings. The third-order valence-corrected chi connectivity index (χ3v) is 5.46. The molecule has 1 saturated heterocycles. The van der Waals surface area contributed by atoms with Gasteiger partial charge in [0.1, 0.15) is 11.5 Å². The Morgan fingerprint density at radius 2 is 1.75 bits per heavy atom. The number of aliphatic hydroxyl groups is 1. The fourth-order valence-corrected chi connectivity index (χ4v) is 4.10. The summed E-state index contributed by atoms with van der Waals surface area (Å²) in [5.74, 6) is -1.77. The Morgan fingerprint density at radius 3 is 2.47 bits per heavy atom. The van der Waals surface area contributed by atoms with Crippen LogP contribution in [-0.2, 0) is 14.4 Å². The molecule has 0 saturated carbocycles. The number of ether oxygens (including phenoxy) is 1. The zero-order valence-corrected chi connectivity index (χ0v) is 17.9. The van der Waals surface area contributed by atoms with Crippen molar-refractivity contribution in [2.24, 2.45) is 0 Å². The van der Waals surface area contributed by atoms with Crippen LogP contribution in [0.1, 0.15) is 37.4 Å². The maximum atomic E-state index is 13.0. The van der Waals surface area contributed by atoms with Crippen molar-refractivity contribution < 1.29 is 24.2 Å². The molecule has 6 heteroatoms. The molecule has 4 rings (SSSR count). The second-order valence-electron chi connectivity index (χ2n) is 7.72. The average molecular weight is 429 g/mol. The molecule has 1 aliphatic heterocycles. The van der Waals surface area contributed by atoms with Gasteiger partial charge in [0.05, 0.1) is 11.6 Å². The summed E-state index contributed by atoms with van der Waals surface area (Å²) in [4.78, 5) is 38.7. The van der Waals surface area contributed by atoms with Crippen molar-refractivity contribution in [1.82, 2.24) is 4.90 Å². The molecule has 0 aromatic heterocycles. The molecule has 6 nitrogen and oxygen atoms in total. The Kier molecular flexibility index (Phi) is 5.77. The van der Waals surface area contributed by atoms with Crippen LogP contribution < -0.4 is 4.74 Å². The molecular formula is C26H23NO5. The van der Waals surface area contributed by atoms with Crippen LogP contribution in [0.3, 0.4) is 0 Å². The number of carbonyl (C=O) groups is 3. The summed E-state index contributed by atoms with van der Waals surface area (Å²) in [6, 6.07) is 19.0. The van der Waals surface area contributed by atoms with Crippen molar-refractivity contribution in [1.29, 1.82) is 0 Å². The lowest BCUT2D eigenvalue weighted by Gasteiger charge is -2.25. The van der Waals surface area contributed by atoms with Gasteiger partial charge in [0, 0.05) is 19.0 Å². The first kappa shape index (κ1) is 21.3. The quantitative estimate of drug-likeness (QED) is 0.211. The van der Waals surface area contributed by atoms with Crippen LogP contribution >= 0.6 is 0 Å². The number of ketones is 1. The topological polar surface area (TPSA) is 83.9 Å². The van der Waals surface area contributed by atoms with Gasteiger partial charge in [-0.1, -0.05) is 55.5 Å². The van der Waals surface area contributed by atoms with Gasteiger partial charge in [-0.2, -0.15) is 0 Å². The standard InChI is InChI=1S/C26H23NO5/c1-3-13-27-23(19-9-6-10-21(15-19)32-16(2)28)22(25(30)26(27)31)24(29)20-12-11-17-7-4-5-8-18(17)14-20/h4-12,14-15,23,29H,3,13H2,1-2H3/b24-22-. The highest BCUT2D eigenvalue weighted by Crippen LogP contribution is 2.40. The maximum absolute atomic E-state index is 13.0. The van der Waals surface area contributed by atoms with Crippen LogP contribution in [0.4, 0.5) is 0 Å². The van der Waals surface area contributed by atoms with E-state index < -0.39 is 23.7 Å². The van der Waals surface area contributed by atoms with Crippen molar-refractivity contribution in [2.45, 2.75) is 26.3 Å². The fourth-order valence-electron chi connectivity index (χ4n) is 4.10. The Balaban J connectivity index is 1.88. The third kappa shape index (κ3) is 3.87. The van der Waals surface area contributed by atoms with Crippen molar-refractivity contribution >= 4 is 34.2 Å². The van der Waals surface area contributed by atoms with Crippen LogP contribution in [0.5, 0.6) is 5.75 Å². The van der Waals surface area contributed by atoms with Crippen LogP contribution in [0.25, 0.3) is 16.5 Å². The van der Waals surface area contributed by atoms with Crippen LogP contribution in [0.15, 0.2) is 72.3 Å². The van der Waals surface area contributed by atoms with Crippen LogP contribution in [0.2, 0.25) is 0 Å². The molecule has 3 aromatic rings. The Hall–Kier alpha value is -3.93. The van der Waals surface area contributed by atoms with E-state index in [1.54, 1.807) is 36.4 Å². The number of amides is 1. The minimum atomic E-state index is -0.781. The van der Waals surface area contributed by atoms with Gasteiger partial charge in [-0.25, -0.2) is 0 Å². The molecule has 1 heterocycles. The van der Waals surface area contributed by atoms with E-state index in [2.05, 4.69) is 0 Å². The molecule has 0 radical (unpaired) electrons. The number of likely N-dealkylation sites (tertiary alicyclic amines) is 1. The first-order chi connectivity index (χ1) is 15.4. The van der Waals surface area contributed by atoms with Gasteiger partial charge in [0.25, 0.3) is 11.7 Å². The highest BCUT2D eigenvalue weighted by atomic mass is 16.5. The summed E-state index contributed by atoms with van der Waals surface area (Å²) in [5, 5.41) is 13.1. The highest BCUT2D eigenvalue weighted by molar-refractivity contribution is 6.46. The molecule has 1 N–H and O–H groups in total. The molecule has 0 aliphatic carbocycles. The molecule has 0 bridgehead atoms. The Bertz CT molecular complexity index is 1260. The number of aliphatic hydroxyl groups excluding tert-OH is 1. The molecule has 1 amide bonds. The predicted octanol–water partition coefficient (Wildman–Crippen LogP) is 4.60. The van der Waals surface area contributed by atoms with Crippen LogP contribution in [-0.4, -0.2) is 34.2 Å². The van der Waals surface area contributed by atoms with Crippen molar-refractivity contribution in [3.05, 3.63) is 83.4 Å². The number of nitrogens with zero attached hydrogens (tertiary/aromatic N) is 1. The van der Waals surface area contributed by atoms with Crippen molar-refractivity contribution in [3.63, 3.8) is 0 Å². The first-order valence-corrected chi connectivity index (χ1v) is 10.5. The van der Waals surface area contributed by atoms with Gasteiger partial charge in [0.15, 0.2) is 0 Å². The van der Waals surface area contributed by atoms with Gasteiger partial charge >= 0.3 is 5.97 Å². The van der Waals surface area contributed by atoms with Crippen molar-refractivity contribution in [3.8, 4) is 5.75 Å². The summed E-state index contributed by atoms with van der Waals surface area (Å²) < 4.78 is 5.19. The van der Waals surface area contributed by atoms with E-state index in [-0.39, 0.29) is 11.3 Å². The van der Waals surface area contributed by atoms with E-state index in [0.29, 0.717) is 29.8 Å². The molecule has 3 aromatic carbocycles. The minimum Gasteiger partial charge on any atom is -0.507 e. The molecule has 0 spiro atoms. The molecule has 32 heavy (non-hydrogen) atoms. The largest absolute Gasteiger partial charge is 0.507 e. The summed E-state index contributed by atoms with van der Waals surface area (Å²) in [7, 11) is 0. The van der Waals surface area contributed by atoms with Gasteiger partial charge in [-0.3, -0.25) is 14.4 Å². The molecule has 1 fully saturated rings. The van der Waals surface area contributed by atoms with Gasteiger partial charge in [-0.15, -0.1) is 0 Å². The maximum Gasteiger partial charge on any atom is 0.308 e. The Labute approximate surface area is 185 Å². The number of esters is 1. The summed E-state index contributed by atoms with van der Waals surface area (Å²) >= 11 is 0. The summed E-state index contributed by atoms with van der Waals surface area (Å²) in [6.45, 7) is 3.56. The second kappa shape index (κ2) is 8.67. The molecular weight excluding hydrogens is 406 g/mol. The number of carbonyl (C=O) groups excluding carboxylic acids is 3. The number of rotatable bonds is 5. The summed E-state index contributed by atoms with van der Waals surface area (Å²) in [6.07, 6.45) is 0.642. The van der Waals surface area contributed by atoms with Gasteiger partial charge in [-0.05, 0) is 41.0 Å². The van der Waals surface area contributed by atoms with Crippen LogP contribution in [0, 0.1) is 0 Å². The molecule has 1 atom stereocenters. The molecule has 1 unspecified atom stereocenters. The average Bonchev–Trinajstić information content (AvgIpc) is 3.03. The number of Topliss-reactive ketones (excluding diaryl/α,β-unsaturated/α-hetero) is 1. The fraction of sp³-hybridized carbons (Fsp3) is 0.192. The van der Waals surface area contributed by atoms with E-state index >= 15 is 0 Å². The number of hydrogen-bond donors (Lipinski definition) is 1. The van der Waals surface area contributed by atoms with Crippen molar-refractivity contribution in [2.75, 3.05) is 6.54 Å². The van der Waals surface area contributed by atoms with Gasteiger partial charge < -0.3 is 14.7 Å². The first-order valence-electron chi connectivity index (χ1n) is 10.5. The zero-order valence-electron chi connectivity index (χ0n) is 17.9.